The van der Waals surface area contributed by atoms with Gasteiger partial charge in [0.2, 0.25) is 0 Å². The fourth-order valence-electron chi connectivity index (χ4n) is 2.18. The lowest BCUT2D eigenvalue weighted by atomic mass is 10.1. The molecule has 0 saturated carbocycles. The number of hydrogen-bond acceptors (Lipinski definition) is 3. The summed E-state index contributed by atoms with van der Waals surface area (Å²) in [6.45, 7) is 8.61. The standard InChI is InChI=1S/C17H20I3N3O3/c1-4-7-23(8-6-13(24)25)17(26)14-11(18)9-12(19)16(15(14)20)22-10(3)21-5-2/h4,9H,1,5-8H2,2-3H3,(H,21,22)(H,24,25). The quantitative estimate of drug-likeness (QED) is 0.183. The third-order valence-corrected chi connectivity index (χ3v) is 6.10. The fraction of sp³-hybridized carbons (Fsp3) is 0.353. The van der Waals surface area contributed by atoms with E-state index in [9.17, 15) is 9.59 Å². The molecule has 9 heteroatoms. The minimum atomic E-state index is -0.937. The first kappa shape index (κ1) is 23.6. The zero-order valence-electron chi connectivity index (χ0n) is 14.5. The third-order valence-electron chi connectivity index (χ3n) is 3.32. The lowest BCUT2D eigenvalue weighted by molar-refractivity contribution is -0.137. The van der Waals surface area contributed by atoms with E-state index >= 15 is 0 Å². The van der Waals surface area contributed by atoms with E-state index in [2.05, 4.69) is 84.7 Å². The summed E-state index contributed by atoms with van der Waals surface area (Å²) in [6.07, 6.45) is 1.49. The number of aliphatic imine (C=N–C) groups is 1. The summed E-state index contributed by atoms with van der Waals surface area (Å²) in [7, 11) is 0. The zero-order chi connectivity index (χ0) is 19.9. The van der Waals surface area contributed by atoms with Crippen LogP contribution in [0.5, 0.6) is 0 Å². The molecular weight excluding hydrogens is 675 g/mol. The van der Waals surface area contributed by atoms with Crippen LogP contribution in [0.4, 0.5) is 5.69 Å². The van der Waals surface area contributed by atoms with Crippen molar-refractivity contribution in [3.63, 3.8) is 0 Å². The first-order chi connectivity index (χ1) is 12.2. The van der Waals surface area contributed by atoms with E-state index in [1.165, 1.54) is 4.90 Å². The monoisotopic (exact) mass is 695 g/mol. The Bertz CT molecular complexity index is 736. The Morgan fingerprint density at radius 2 is 2.00 bits per heavy atom. The number of nitrogens with zero attached hydrogens (tertiary/aromatic N) is 2. The van der Waals surface area contributed by atoms with Crippen LogP contribution in [0, 0.1) is 10.7 Å². The second kappa shape index (κ2) is 11.4. The minimum Gasteiger partial charge on any atom is -0.481 e. The van der Waals surface area contributed by atoms with Crippen LogP contribution in [-0.2, 0) is 4.79 Å². The van der Waals surface area contributed by atoms with E-state index in [1.54, 1.807) is 6.08 Å². The van der Waals surface area contributed by atoms with Gasteiger partial charge in [-0.05, 0) is 87.7 Å². The zero-order valence-corrected chi connectivity index (χ0v) is 21.0. The molecule has 0 unspecified atom stereocenters. The molecule has 0 aliphatic carbocycles. The molecule has 2 N–H and O–H groups in total. The number of carboxylic acids is 1. The van der Waals surface area contributed by atoms with Gasteiger partial charge in [-0.25, -0.2) is 0 Å². The molecule has 1 aromatic carbocycles. The van der Waals surface area contributed by atoms with Crippen molar-refractivity contribution in [2.75, 3.05) is 25.0 Å². The van der Waals surface area contributed by atoms with Gasteiger partial charge in [0, 0.05) is 26.8 Å². The van der Waals surface area contributed by atoms with Crippen LogP contribution in [0.1, 0.15) is 30.6 Å². The van der Waals surface area contributed by atoms with Crippen LogP contribution in [-0.4, -0.2) is 47.4 Å². The summed E-state index contributed by atoms with van der Waals surface area (Å²) in [4.78, 5) is 29.8. The van der Waals surface area contributed by atoms with Gasteiger partial charge in [-0.3, -0.25) is 14.6 Å². The van der Waals surface area contributed by atoms with E-state index in [4.69, 9.17) is 5.11 Å². The number of nitrogens with one attached hydrogen (secondary N) is 1. The number of carbonyl (C=O) groups is 2. The van der Waals surface area contributed by atoms with Gasteiger partial charge in [-0.15, -0.1) is 6.58 Å². The first-order valence-corrected chi connectivity index (χ1v) is 11.0. The molecule has 6 nitrogen and oxygen atoms in total. The van der Waals surface area contributed by atoms with E-state index in [0.29, 0.717) is 18.7 Å². The second-order valence-electron chi connectivity index (χ2n) is 5.27. The smallest absolute Gasteiger partial charge is 0.305 e. The lowest BCUT2D eigenvalue weighted by Gasteiger charge is -2.23. The van der Waals surface area contributed by atoms with Gasteiger partial charge < -0.3 is 15.3 Å². The molecule has 0 heterocycles. The van der Waals surface area contributed by atoms with Crippen molar-refractivity contribution in [1.29, 1.82) is 0 Å². The predicted molar refractivity (Wildman–Crippen MR) is 130 cm³/mol. The van der Waals surface area contributed by atoms with Crippen LogP contribution in [0.15, 0.2) is 23.7 Å². The number of amidine groups is 1. The molecule has 0 spiro atoms. The fourth-order valence-corrected chi connectivity index (χ4v) is 6.28. The third kappa shape index (κ3) is 6.62. The number of halogens is 3. The van der Waals surface area contributed by atoms with Crippen molar-refractivity contribution in [2.24, 2.45) is 4.99 Å². The molecule has 1 rings (SSSR count). The molecular formula is C17H20I3N3O3. The highest BCUT2D eigenvalue weighted by atomic mass is 127. The molecule has 0 fully saturated rings. The van der Waals surface area contributed by atoms with Gasteiger partial charge in [0.1, 0.15) is 0 Å². The van der Waals surface area contributed by atoms with Crippen molar-refractivity contribution in [2.45, 2.75) is 20.3 Å². The predicted octanol–water partition coefficient (Wildman–Crippen LogP) is 4.45. The molecule has 1 aromatic rings. The van der Waals surface area contributed by atoms with Crippen molar-refractivity contribution < 1.29 is 14.7 Å². The van der Waals surface area contributed by atoms with Crippen LogP contribution in [0.25, 0.3) is 0 Å². The van der Waals surface area contributed by atoms with Crippen LogP contribution < -0.4 is 5.32 Å². The largest absolute Gasteiger partial charge is 0.481 e. The molecule has 0 aromatic heterocycles. The van der Waals surface area contributed by atoms with E-state index < -0.39 is 5.97 Å². The molecule has 0 bridgehead atoms. The van der Waals surface area contributed by atoms with Gasteiger partial charge in [0.25, 0.3) is 5.91 Å². The average Bonchev–Trinajstić information content (AvgIpc) is 2.55. The molecule has 1 amide bonds. The van der Waals surface area contributed by atoms with Crippen LogP contribution >= 0.6 is 67.8 Å². The van der Waals surface area contributed by atoms with Crippen molar-refractivity contribution in [3.8, 4) is 0 Å². The van der Waals surface area contributed by atoms with Gasteiger partial charge >= 0.3 is 5.97 Å². The second-order valence-corrected chi connectivity index (χ2v) is 8.68. The van der Waals surface area contributed by atoms with Crippen molar-refractivity contribution in [3.05, 3.63) is 35.0 Å². The number of hydrogen-bond donors (Lipinski definition) is 2. The van der Waals surface area contributed by atoms with Gasteiger partial charge in [-0.1, -0.05) is 6.08 Å². The Balaban J connectivity index is 3.32. The number of anilines is 1. The van der Waals surface area contributed by atoms with Crippen LogP contribution in [0.3, 0.4) is 0 Å². The molecule has 0 saturated heterocycles. The summed E-state index contributed by atoms with van der Waals surface area (Å²) in [5, 5.41) is 12.2. The number of aliphatic carboxylic acids is 1. The first-order valence-electron chi connectivity index (χ1n) is 7.80. The minimum absolute atomic E-state index is 0.107. The number of benzene rings is 1. The van der Waals surface area contributed by atoms with Crippen molar-refractivity contribution in [1.82, 2.24) is 4.90 Å². The summed E-state index contributed by atoms with van der Waals surface area (Å²) in [6, 6.07) is 1.93. The highest BCUT2D eigenvalue weighted by molar-refractivity contribution is 14.1. The highest BCUT2D eigenvalue weighted by Gasteiger charge is 2.24. The summed E-state index contributed by atoms with van der Waals surface area (Å²) in [5.74, 6) is -0.367. The lowest BCUT2D eigenvalue weighted by Crippen LogP contribution is -2.34. The normalized spacial score (nSPS) is 11.2. The Morgan fingerprint density at radius 1 is 1.35 bits per heavy atom. The Hall–Kier alpha value is -0.440. The van der Waals surface area contributed by atoms with E-state index in [0.717, 1.165) is 22.2 Å². The maximum atomic E-state index is 13.1. The molecule has 26 heavy (non-hydrogen) atoms. The average molecular weight is 695 g/mol. The van der Waals surface area contributed by atoms with E-state index in [-0.39, 0.29) is 18.9 Å². The SMILES string of the molecule is C=CCN(CCC(=O)O)C(=O)c1c(I)cc(I)c(NC(C)=NCC)c1I. The van der Waals surface area contributed by atoms with Gasteiger partial charge in [0.05, 0.1) is 27.1 Å². The summed E-state index contributed by atoms with van der Waals surface area (Å²) >= 11 is 6.52. The summed E-state index contributed by atoms with van der Waals surface area (Å²) in [5.41, 5.74) is 1.40. The maximum absolute atomic E-state index is 13.1. The Morgan fingerprint density at radius 3 is 2.54 bits per heavy atom. The number of carboxylic acid groups (broad SMARTS) is 1. The van der Waals surface area contributed by atoms with Gasteiger partial charge in [0.15, 0.2) is 0 Å². The topological polar surface area (TPSA) is 82.0 Å². The number of rotatable bonds is 8. The van der Waals surface area contributed by atoms with Crippen molar-refractivity contribution >= 4 is 91.2 Å². The molecule has 0 radical (unpaired) electrons. The Labute approximate surface area is 194 Å². The molecule has 142 valence electrons. The molecule has 0 atom stereocenters. The van der Waals surface area contributed by atoms with Gasteiger partial charge in [-0.2, -0.15) is 0 Å². The Kier molecular flexibility index (Phi) is 10.4. The number of amides is 1. The maximum Gasteiger partial charge on any atom is 0.305 e. The number of carbonyl (C=O) groups excluding carboxylic acids is 1. The molecule has 0 aliphatic heterocycles. The molecule has 0 aliphatic rings. The summed E-state index contributed by atoms with van der Waals surface area (Å²) < 4.78 is 2.60. The van der Waals surface area contributed by atoms with Crippen LogP contribution in [0.2, 0.25) is 0 Å². The van der Waals surface area contributed by atoms with E-state index in [1.807, 2.05) is 19.9 Å². The highest BCUT2D eigenvalue weighted by Crippen LogP contribution is 2.32.